The first-order valence-electron chi connectivity index (χ1n) is 3.87. The maximum absolute atomic E-state index is 11.3. The molecule has 1 aliphatic heterocycles. The van der Waals surface area contributed by atoms with Crippen LogP contribution < -0.4 is 10.1 Å². The van der Waals surface area contributed by atoms with E-state index in [0.717, 1.165) is 10.0 Å². The Hall–Kier alpha value is -1.03. The largest absolute Gasteiger partial charge is 0.497 e. The van der Waals surface area contributed by atoms with Gasteiger partial charge in [0.2, 0.25) is 0 Å². The lowest BCUT2D eigenvalue weighted by Gasteiger charge is -2.03. The highest BCUT2D eigenvalue weighted by atomic mass is 79.9. The van der Waals surface area contributed by atoms with Gasteiger partial charge < -0.3 is 10.1 Å². The van der Waals surface area contributed by atoms with E-state index in [0.29, 0.717) is 17.9 Å². The number of hydrogen-bond acceptors (Lipinski definition) is 2. The molecular formula is C9H8BrNO2. The van der Waals surface area contributed by atoms with Crippen molar-refractivity contribution in [2.45, 2.75) is 6.54 Å². The average Bonchev–Trinajstić information content (AvgIpc) is 2.48. The quantitative estimate of drug-likeness (QED) is 0.813. The van der Waals surface area contributed by atoms with Crippen molar-refractivity contribution in [3.05, 3.63) is 27.7 Å². The molecule has 0 unspecified atom stereocenters. The highest BCUT2D eigenvalue weighted by molar-refractivity contribution is 9.10. The van der Waals surface area contributed by atoms with Crippen LogP contribution in [0.1, 0.15) is 15.9 Å². The summed E-state index contributed by atoms with van der Waals surface area (Å²) in [4.78, 5) is 11.3. The van der Waals surface area contributed by atoms with Crippen LogP contribution in [0.2, 0.25) is 0 Å². The van der Waals surface area contributed by atoms with Crippen molar-refractivity contribution >= 4 is 21.8 Å². The van der Waals surface area contributed by atoms with Gasteiger partial charge in [-0.25, -0.2) is 0 Å². The molecule has 0 atom stereocenters. The van der Waals surface area contributed by atoms with E-state index in [-0.39, 0.29) is 5.91 Å². The van der Waals surface area contributed by atoms with Crippen molar-refractivity contribution in [2.75, 3.05) is 7.11 Å². The smallest absolute Gasteiger partial charge is 0.252 e. The molecule has 0 aliphatic carbocycles. The normalized spacial score (nSPS) is 13.8. The van der Waals surface area contributed by atoms with Crippen LogP contribution in [0.4, 0.5) is 0 Å². The Labute approximate surface area is 84.2 Å². The van der Waals surface area contributed by atoms with Crippen molar-refractivity contribution < 1.29 is 9.53 Å². The van der Waals surface area contributed by atoms with Gasteiger partial charge in [0.1, 0.15) is 5.75 Å². The van der Waals surface area contributed by atoms with E-state index in [4.69, 9.17) is 4.74 Å². The van der Waals surface area contributed by atoms with Crippen LogP contribution in [-0.2, 0) is 6.54 Å². The minimum absolute atomic E-state index is 0.0328. The monoisotopic (exact) mass is 241 g/mol. The molecule has 0 saturated heterocycles. The Kier molecular flexibility index (Phi) is 2.00. The molecule has 0 aromatic heterocycles. The molecule has 0 bridgehead atoms. The van der Waals surface area contributed by atoms with Gasteiger partial charge in [0, 0.05) is 16.6 Å². The van der Waals surface area contributed by atoms with Gasteiger partial charge in [-0.05, 0) is 17.7 Å². The number of benzene rings is 1. The summed E-state index contributed by atoms with van der Waals surface area (Å²) in [5, 5.41) is 2.75. The average molecular weight is 242 g/mol. The highest BCUT2D eigenvalue weighted by Gasteiger charge is 2.21. The fourth-order valence-corrected chi connectivity index (χ4v) is 1.96. The Morgan fingerprint density at radius 2 is 2.31 bits per heavy atom. The van der Waals surface area contributed by atoms with Crippen LogP contribution >= 0.6 is 15.9 Å². The van der Waals surface area contributed by atoms with E-state index >= 15 is 0 Å². The summed E-state index contributed by atoms with van der Waals surface area (Å²) in [5.74, 6) is 0.664. The Morgan fingerprint density at radius 3 is 3.00 bits per heavy atom. The number of carbonyl (C=O) groups is 1. The number of ether oxygens (including phenoxy) is 1. The summed E-state index contributed by atoms with van der Waals surface area (Å²) >= 11 is 3.39. The summed E-state index contributed by atoms with van der Waals surface area (Å²) < 4.78 is 5.98. The molecular weight excluding hydrogens is 234 g/mol. The Balaban J connectivity index is 2.60. The number of amides is 1. The molecule has 0 saturated carbocycles. The molecule has 1 aromatic carbocycles. The molecule has 2 rings (SSSR count). The summed E-state index contributed by atoms with van der Waals surface area (Å²) in [6.45, 7) is 0.596. The van der Waals surface area contributed by atoms with Crippen molar-refractivity contribution in [1.29, 1.82) is 0 Å². The van der Waals surface area contributed by atoms with Crippen molar-refractivity contribution in [2.24, 2.45) is 0 Å². The number of hydrogen-bond donors (Lipinski definition) is 1. The minimum Gasteiger partial charge on any atom is -0.497 e. The standard InChI is InChI=1S/C9H8BrNO2/c1-13-5-2-6-7(8(10)3-5)4-11-9(6)12/h2-3H,4H2,1H3,(H,11,12). The first-order chi connectivity index (χ1) is 6.22. The molecule has 1 heterocycles. The highest BCUT2D eigenvalue weighted by Crippen LogP contribution is 2.29. The van der Waals surface area contributed by atoms with Crippen molar-refractivity contribution in [3.8, 4) is 5.75 Å². The van der Waals surface area contributed by atoms with Crippen LogP contribution in [0.25, 0.3) is 0 Å². The first-order valence-corrected chi connectivity index (χ1v) is 4.66. The van der Waals surface area contributed by atoms with Crippen molar-refractivity contribution in [1.82, 2.24) is 5.32 Å². The zero-order valence-electron chi connectivity index (χ0n) is 7.06. The topological polar surface area (TPSA) is 38.3 Å². The lowest BCUT2D eigenvalue weighted by molar-refractivity contribution is 0.0965. The maximum atomic E-state index is 11.3. The number of methoxy groups -OCH3 is 1. The lowest BCUT2D eigenvalue weighted by atomic mass is 10.1. The molecule has 68 valence electrons. The van der Waals surface area contributed by atoms with Gasteiger partial charge in [0.05, 0.1) is 7.11 Å². The summed E-state index contributed by atoms with van der Waals surface area (Å²) in [6, 6.07) is 3.61. The molecule has 13 heavy (non-hydrogen) atoms. The van der Waals surface area contributed by atoms with Gasteiger partial charge in [-0.3, -0.25) is 4.79 Å². The number of nitrogens with one attached hydrogen (secondary N) is 1. The second-order valence-electron chi connectivity index (χ2n) is 2.82. The fourth-order valence-electron chi connectivity index (χ4n) is 1.38. The molecule has 0 spiro atoms. The van der Waals surface area contributed by atoms with Gasteiger partial charge in [-0.2, -0.15) is 0 Å². The third-order valence-electron chi connectivity index (χ3n) is 2.08. The third-order valence-corrected chi connectivity index (χ3v) is 2.78. The van der Waals surface area contributed by atoms with Gasteiger partial charge in [-0.15, -0.1) is 0 Å². The van der Waals surface area contributed by atoms with Crippen LogP contribution in [0, 0.1) is 0 Å². The number of carbonyl (C=O) groups excluding carboxylic acids is 1. The summed E-state index contributed by atoms with van der Waals surface area (Å²) in [5.41, 5.74) is 1.71. The fraction of sp³-hybridized carbons (Fsp3) is 0.222. The van der Waals surface area contributed by atoms with E-state index in [9.17, 15) is 4.79 Å². The van der Waals surface area contributed by atoms with Gasteiger partial charge in [0.15, 0.2) is 0 Å². The van der Waals surface area contributed by atoms with Crippen molar-refractivity contribution in [3.63, 3.8) is 0 Å². The molecule has 1 aromatic rings. The molecule has 3 nitrogen and oxygen atoms in total. The zero-order chi connectivity index (χ0) is 9.42. The second-order valence-corrected chi connectivity index (χ2v) is 3.67. The number of rotatable bonds is 1. The molecule has 0 fully saturated rings. The number of halogens is 1. The predicted octanol–water partition coefficient (Wildman–Crippen LogP) is 1.70. The van der Waals surface area contributed by atoms with E-state index < -0.39 is 0 Å². The first kappa shape index (κ1) is 8.56. The third kappa shape index (κ3) is 1.31. The lowest BCUT2D eigenvalue weighted by Crippen LogP contribution is -2.12. The van der Waals surface area contributed by atoms with Crippen LogP contribution in [0.15, 0.2) is 16.6 Å². The van der Waals surface area contributed by atoms with E-state index in [1.807, 2.05) is 6.07 Å². The Bertz CT molecular complexity index is 376. The minimum atomic E-state index is -0.0328. The molecule has 1 amide bonds. The summed E-state index contributed by atoms with van der Waals surface area (Å²) in [7, 11) is 1.58. The van der Waals surface area contributed by atoms with E-state index in [1.54, 1.807) is 13.2 Å². The molecule has 0 radical (unpaired) electrons. The van der Waals surface area contributed by atoms with Gasteiger partial charge >= 0.3 is 0 Å². The molecule has 1 N–H and O–H groups in total. The van der Waals surface area contributed by atoms with Gasteiger partial charge in [-0.1, -0.05) is 15.9 Å². The maximum Gasteiger partial charge on any atom is 0.252 e. The van der Waals surface area contributed by atoms with Crippen LogP contribution in [0.5, 0.6) is 5.75 Å². The second kappa shape index (κ2) is 3.03. The molecule has 1 aliphatic rings. The number of fused-ring (bicyclic) bond motifs is 1. The summed E-state index contributed by atoms with van der Waals surface area (Å²) in [6.07, 6.45) is 0. The zero-order valence-corrected chi connectivity index (χ0v) is 8.64. The SMILES string of the molecule is COc1cc(Br)c2c(c1)C(=O)NC2. The molecule has 4 heteroatoms. The van der Waals surface area contributed by atoms with Gasteiger partial charge in [0.25, 0.3) is 5.91 Å². The van der Waals surface area contributed by atoms with E-state index in [1.165, 1.54) is 0 Å². The van der Waals surface area contributed by atoms with Crippen LogP contribution in [-0.4, -0.2) is 13.0 Å². The predicted molar refractivity (Wildman–Crippen MR) is 51.9 cm³/mol. The van der Waals surface area contributed by atoms with Crippen LogP contribution in [0.3, 0.4) is 0 Å². The Morgan fingerprint density at radius 1 is 1.54 bits per heavy atom. The van der Waals surface area contributed by atoms with E-state index in [2.05, 4.69) is 21.2 Å².